The highest BCUT2D eigenvalue weighted by atomic mass is 15.4. The van der Waals surface area contributed by atoms with Gasteiger partial charge in [-0.1, -0.05) is 6.07 Å². The zero-order valence-corrected chi connectivity index (χ0v) is 14.0. The number of hydrogen-bond acceptors (Lipinski definition) is 4. The first kappa shape index (κ1) is 15.2. The van der Waals surface area contributed by atoms with Crippen LogP contribution in [0.4, 0.5) is 0 Å². The summed E-state index contributed by atoms with van der Waals surface area (Å²) in [5, 5.41) is 4.40. The molecule has 1 aliphatic heterocycles. The number of pyridine rings is 1. The summed E-state index contributed by atoms with van der Waals surface area (Å²) >= 11 is 0. The van der Waals surface area contributed by atoms with Crippen molar-refractivity contribution in [3.8, 4) is 0 Å². The average molecular weight is 299 g/mol. The lowest BCUT2D eigenvalue weighted by molar-refractivity contribution is 0.222. The van der Waals surface area contributed by atoms with Crippen LogP contribution in [0, 0.1) is 6.92 Å². The maximum atomic E-state index is 4.72. The Morgan fingerprint density at radius 1 is 1.27 bits per heavy atom. The monoisotopic (exact) mass is 299 g/mol. The van der Waals surface area contributed by atoms with Gasteiger partial charge in [0.15, 0.2) is 0 Å². The molecule has 1 atom stereocenters. The lowest BCUT2D eigenvalue weighted by Gasteiger charge is -2.26. The smallest absolute Gasteiger partial charge is 0.141 e. The van der Waals surface area contributed by atoms with Crippen molar-refractivity contribution >= 4 is 0 Å². The van der Waals surface area contributed by atoms with Crippen molar-refractivity contribution in [2.45, 2.75) is 58.7 Å². The molecule has 0 spiro atoms. The van der Waals surface area contributed by atoms with E-state index in [9.17, 15) is 0 Å². The normalized spacial score (nSPS) is 19.7. The molecular formula is C17H25N5. The molecule has 0 aliphatic carbocycles. The van der Waals surface area contributed by atoms with Gasteiger partial charge in [-0.3, -0.25) is 9.88 Å². The Balaban J connectivity index is 1.82. The van der Waals surface area contributed by atoms with Gasteiger partial charge in [-0.05, 0) is 59.2 Å². The van der Waals surface area contributed by atoms with E-state index in [1.807, 2.05) is 4.68 Å². The Kier molecular flexibility index (Phi) is 4.00. The van der Waals surface area contributed by atoms with Gasteiger partial charge < -0.3 is 0 Å². The van der Waals surface area contributed by atoms with Crippen molar-refractivity contribution in [3.05, 3.63) is 41.7 Å². The molecule has 2 aromatic rings. The molecule has 1 aliphatic rings. The molecule has 1 fully saturated rings. The minimum absolute atomic E-state index is 0.0390. The lowest BCUT2D eigenvalue weighted by Crippen LogP contribution is -2.30. The van der Waals surface area contributed by atoms with E-state index in [1.54, 1.807) is 6.33 Å². The topological polar surface area (TPSA) is 46.8 Å². The second-order valence-electron chi connectivity index (χ2n) is 7.09. The first-order valence-corrected chi connectivity index (χ1v) is 8.02. The van der Waals surface area contributed by atoms with Crippen LogP contribution in [-0.4, -0.2) is 31.2 Å². The molecule has 1 saturated heterocycles. The minimum atomic E-state index is -0.0390. The van der Waals surface area contributed by atoms with Crippen molar-refractivity contribution < 1.29 is 0 Å². The standard InChI is InChI=1S/C17H25N5/c1-13-7-5-8-14(20-13)15-9-6-10-21(15)11-16-18-12-19-22(16)17(2,3)4/h5,7-8,12,15H,6,9-11H2,1-4H3/t15-/m1/s1. The summed E-state index contributed by atoms with van der Waals surface area (Å²) in [6, 6.07) is 6.69. The number of nitrogens with zero attached hydrogens (tertiary/aromatic N) is 5. The highest BCUT2D eigenvalue weighted by molar-refractivity contribution is 5.15. The van der Waals surface area contributed by atoms with Crippen LogP contribution < -0.4 is 0 Å². The van der Waals surface area contributed by atoms with Gasteiger partial charge in [0.05, 0.1) is 23.8 Å². The van der Waals surface area contributed by atoms with E-state index in [0.717, 1.165) is 24.6 Å². The summed E-state index contributed by atoms with van der Waals surface area (Å²) in [6.45, 7) is 10.5. The Hall–Kier alpha value is -1.75. The Morgan fingerprint density at radius 3 is 2.82 bits per heavy atom. The number of rotatable bonds is 3. The molecule has 0 saturated carbocycles. The van der Waals surface area contributed by atoms with E-state index in [4.69, 9.17) is 4.98 Å². The SMILES string of the molecule is Cc1cccc([C@H]2CCCN2Cc2ncnn2C(C)(C)C)n1. The number of aromatic nitrogens is 4. The van der Waals surface area contributed by atoms with Crippen LogP contribution in [0.25, 0.3) is 0 Å². The summed E-state index contributed by atoms with van der Waals surface area (Å²) in [6.07, 6.45) is 4.04. The Morgan fingerprint density at radius 2 is 2.09 bits per heavy atom. The zero-order valence-electron chi connectivity index (χ0n) is 14.0. The summed E-state index contributed by atoms with van der Waals surface area (Å²) in [4.78, 5) is 11.7. The zero-order chi connectivity index (χ0) is 15.7. The largest absolute Gasteiger partial charge is 0.287 e. The van der Waals surface area contributed by atoms with Crippen LogP contribution >= 0.6 is 0 Å². The maximum absolute atomic E-state index is 4.72. The van der Waals surface area contributed by atoms with Gasteiger partial charge in [-0.2, -0.15) is 5.10 Å². The fourth-order valence-electron chi connectivity index (χ4n) is 3.22. The molecule has 118 valence electrons. The number of aryl methyl sites for hydroxylation is 1. The predicted molar refractivity (Wildman–Crippen MR) is 86.4 cm³/mol. The number of likely N-dealkylation sites (tertiary alicyclic amines) is 1. The number of hydrogen-bond donors (Lipinski definition) is 0. The van der Waals surface area contributed by atoms with E-state index in [1.165, 1.54) is 18.5 Å². The fourth-order valence-corrected chi connectivity index (χ4v) is 3.22. The maximum Gasteiger partial charge on any atom is 0.141 e. The van der Waals surface area contributed by atoms with Crippen molar-refractivity contribution in [2.24, 2.45) is 0 Å². The Labute approximate surface area is 132 Å². The van der Waals surface area contributed by atoms with Crippen LogP contribution in [0.2, 0.25) is 0 Å². The van der Waals surface area contributed by atoms with Crippen molar-refractivity contribution in [2.75, 3.05) is 6.54 Å². The van der Waals surface area contributed by atoms with Gasteiger partial charge in [0.1, 0.15) is 12.2 Å². The Bertz CT molecular complexity index is 640. The van der Waals surface area contributed by atoms with Crippen molar-refractivity contribution in [3.63, 3.8) is 0 Å². The van der Waals surface area contributed by atoms with Gasteiger partial charge in [0, 0.05) is 5.69 Å². The van der Waals surface area contributed by atoms with E-state index in [0.29, 0.717) is 6.04 Å². The van der Waals surface area contributed by atoms with E-state index in [2.05, 4.69) is 60.9 Å². The van der Waals surface area contributed by atoms with E-state index < -0.39 is 0 Å². The highest BCUT2D eigenvalue weighted by Gasteiger charge is 2.29. The summed E-state index contributed by atoms with van der Waals surface area (Å²) < 4.78 is 2.03. The minimum Gasteiger partial charge on any atom is -0.287 e. The summed E-state index contributed by atoms with van der Waals surface area (Å²) in [5.74, 6) is 1.03. The first-order chi connectivity index (χ1) is 10.4. The van der Waals surface area contributed by atoms with Crippen LogP contribution in [0.15, 0.2) is 24.5 Å². The van der Waals surface area contributed by atoms with Crippen LogP contribution in [0.3, 0.4) is 0 Å². The van der Waals surface area contributed by atoms with Crippen molar-refractivity contribution in [1.82, 2.24) is 24.6 Å². The molecule has 0 bridgehead atoms. The first-order valence-electron chi connectivity index (χ1n) is 8.02. The highest BCUT2D eigenvalue weighted by Crippen LogP contribution is 2.32. The molecule has 5 nitrogen and oxygen atoms in total. The molecule has 0 N–H and O–H groups in total. The van der Waals surface area contributed by atoms with E-state index >= 15 is 0 Å². The van der Waals surface area contributed by atoms with Crippen LogP contribution in [0.5, 0.6) is 0 Å². The molecular weight excluding hydrogens is 274 g/mol. The lowest BCUT2D eigenvalue weighted by atomic mass is 10.1. The molecule has 22 heavy (non-hydrogen) atoms. The molecule has 0 radical (unpaired) electrons. The molecule has 5 heteroatoms. The summed E-state index contributed by atoms with van der Waals surface area (Å²) in [7, 11) is 0. The summed E-state index contributed by atoms with van der Waals surface area (Å²) in [5.41, 5.74) is 2.23. The average Bonchev–Trinajstić information content (AvgIpc) is 3.07. The van der Waals surface area contributed by atoms with Gasteiger partial charge in [-0.25, -0.2) is 9.67 Å². The molecule has 0 aromatic carbocycles. The molecule has 3 heterocycles. The van der Waals surface area contributed by atoms with E-state index in [-0.39, 0.29) is 5.54 Å². The van der Waals surface area contributed by atoms with Crippen LogP contribution in [-0.2, 0) is 12.1 Å². The second-order valence-corrected chi connectivity index (χ2v) is 7.09. The quantitative estimate of drug-likeness (QED) is 0.874. The molecule has 0 amide bonds. The van der Waals surface area contributed by atoms with Gasteiger partial charge in [-0.15, -0.1) is 0 Å². The van der Waals surface area contributed by atoms with Gasteiger partial charge in [0.25, 0.3) is 0 Å². The molecule has 2 aromatic heterocycles. The fraction of sp³-hybridized carbons (Fsp3) is 0.588. The predicted octanol–water partition coefficient (Wildman–Crippen LogP) is 3.07. The third-order valence-electron chi connectivity index (χ3n) is 4.21. The third kappa shape index (κ3) is 3.04. The molecule has 3 rings (SSSR count). The van der Waals surface area contributed by atoms with Crippen LogP contribution in [0.1, 0.15) is 56.9 Å². The third-order valence-corrected chi connectivity index (χ3v) is 4.21. The van der Waals surface area contributed by atoms with Gasteiger partial charge in [0.2, 0.25) is 0 Å². The molecule has 0 unspecified atom stereocenters. The second kappa shape index (κ2) is 5.80. The van der Waals surface area contributed by atoms with Crippen molar-refractivity contribution in [1.29, 1.82) is 0 Å². The van der Waals surface area contributed by atoms with Gasteiger partial charge >= 0.3 is 0 Å².